The Hall–Kier alpha value is -2.64. The highest BCUT2D eigenvalue weighted by molar-refractivity contribution is 7.89. The number of benzene rings is 2. The highest BCUT2D eigenvalue weighted by Crippen LogP contribution is 2.20. The van der Waals surface area contributed by atoms with E-state index in [-0.39, 0.29) is 23.9 Å². The lowest BCUT2D eigenvalue weighted by atomic mass is 10.1. The molecule has 0 atom stereocenters. The lowest BCUT2D eigenvalue weighted by Crippen LogP contribution is -2.34. The fraction of sp³-hybridized carbons (Fsp3) is 0.250. The number of hydrogen-bond donors (Lipinski definition) is 2. The van der Waals surface area contributed by atoms with Gasteiger partial charge in [0.2, 0.25) is 15.9 Å². The largest absolute Gasteiger partial charge is 0.496 e. The maximum absolute atomic E-state index is 12.1. The highest BCUT2D eigenvalue weighted by Gasteiger charge is 2.12. The molecule has 2 rings (SSSR count). The lowest BCUT2D eigenvalue weighted by Gasteiger charge is -2.08. The smallest absolute Gasteiger partial charge is 0.244 e. The second-order valence-corrected chi connectivity index (χ2v) is 7.85. The topological polar surface area (TPSA) is 84.5 Å². The zero-order valence-electron chi connectivity index (χ0n) is 15.7. The van der Waals surface area contributed by atoms with Crippen LogP contribution in [0.15, 0.2) is 53.4 Å². The first kappa shape index (κ1) is 20.7. The molecule has 7 heteroatoms. The van der Waals surface area contributed by atoms with Gasteiger partial charge in [-0.2, -0.15) is 0 Å². The third kappa shape index (κ3) is 6.23. The van der Waals surface area contributed by atoms with E-state index >= 15 is 0 Å². The molecule has 0 saturated carbocycles. The molecule has 2 N–H and O–H groups in total. The van der Waals surface area contributed by atoms with E-state index in [4.69, 9.17) is 4.74 Å². The van der Waals surface area contributed by atoms with Crippen LogP contribution in [0.3, 0.4) is 0 Å². The number of methoxy groups -OCH3 is 1. The molecular weight excluding hydrogens is 364 g/mol. The Balaban J connectivity index is 1.84. The van der Waals surface area contributed by atoms with Crippen LogP contribution in [-0.4, -0.2) is 34.5 Å². The monoisotopic (exact) mass is 388 g/mol. The van der Waals surface area contributed by atoms with Crippen LogP contribution in [0, 0.1) is 13.8 Å². The first-order valence-corrected chi connectivity index (χ1v) is 9.97. The molecule has 0 bridgehead atoms. The summed E-state index contributed by atoms with van der Waals surface area (Å²) < 4.78 is 32.0. The van der Waals surface area contributed by atoms with Crippen LogP contribution in [-0.2, 0) is 14.8 Å². The van der Waals surface area contributed by atoms with Crippen molar-refractivity contribution in [1.82, 2.24) is 10.0 Å². The zero-order valence-corrected chi connectivity index (χ0v) is 16.5. The van der Waals surface area contributed by atoms with Crippen LogP contribution in [0.25, 0.3) is 6.08 Å². The summed E-state index contributed by atoms with van der Waals surface area (Å²) in [6.45, 7) is 4.12. The Morgan fingerprint density at radius 3 is 2.37 bits per heavy atom. The standard InChI is InChI=1S/C20H24N2O4S/c1-15-4-8-18(9-5-15)27(24,25)22-13-12-21-20(23)11-7-17-14-16(2)6-10-19(17)26-3/h4-11,14,22H,12-13H2,1-3H3,(H,21,23)/b11-7+. The molecule has 0 saturated heterocycles. The van der Waals surface area contributed by atoms with Crippen LogP contribution < -0.4 is 14.8 Å². The minimum Gasteiger partial charge on any atom is -0.496 e. The van der Waals surface area contributed by atoms with Crippen molar-refractivity contribution in [3.8, 4) is 5.75 Å². The van der Waals surface area contributed by atoms with E-state index in [9.17, 15) is 13.2 Å². The van der Waals surface area contributed by atoms with Gasteiger partial charge in [0.1, 0.15) is 5.75 Å². The van der Waals surface area contributed by atoms with E-state index in [0.717, 1.165) is 16.7 Å². The molecule has 2 aromatic rings. The van der Waals surface area contributed by atoms with Crippen LogP contribution >= 0.6 is 0 Å². The molecule has 0 aliphatic heterocycles. The van der Waals surface area contributed by atoms with Gasteiger partial charge in [0.15, 0.2) is 0 Å². The fourth-order valence-corrected chi connectivity index (χ4v) is 3.41. The van der Waals surface area contributed by atoms with Crippen molar-refractivity contribution < 1.29 is 17.9 Å². The van der Waals surface area contributed by atoms with Crippen molar-refractivity contribution in [3.63, 3.8) is 0 Å². The van der Waals surface area contributed by atoms with Gasteiger partial charge in [0.05, 0.1) is 12.0 Å². The molecule has 0 radical (unpaired) electrons. The van der Waals surface area contributed by atoms with Gasteiger partial charge < -0.3 is 10.1 Å². The maximum Gasteiger partial charge on any atom is 0.244 e. The van der Waals surface area contributed by atoms with Gasteiger partial charge in [-0.05, 0) is 44.2 Å². The molecule has 0 spiro atoms. The van der Waals surface area contributed by atoms with Crippen LogP contribution in [0.4, 0.5) is 0 Å². The number of rotatable bonds is 8. The van der Waals surface area contributed by atoms with Gasteiger partial charge >= 0.3 is 0 Å². The number of carbonyl (C=O) groups excluding carboxylic acids is 1. The predicted octanol–water partition coefficient (Wildman–Crippen LogP) is 2.42. The molecule has 144 valence electrons. The first-order valence-electron chi connectivity index (χ1n) is 8.49. The van der Waals surface area contributed by atoms with Crippen molar-refractivity contribution >= 4 is 22.0 Å². The summed E-state index contributed by atoms with van der Waals surface area (Å²) >= 11 is 0. The van der Waals surface area contributed by atoms with Crippen molar-refractivity contribution in [1.29, 1.82) is 0 Å². The van der Waals surface area contributed by atoms with E-state index in [1.807, 2.05) is 32.0 Å². The van der Waals surface area contributed by atoms with Crippen molar-refractivity contribution in [2.75, 3.05) is 20.2 Å². The van der Waals surface area contributed by atoms with Crippen LogP contribution in [0.5, 0.6) is 5.75 Å². The van der Waals surface area contributed by atoms with Crippen molar-refractivity contribution in [3.05, 3.63) is 65.2 Å². The highest BCUT2D eigenvalue weighted by atomic mass is 32.2. The molecule has 27 heavy (non-hydrogen) atoms. The Kier molecular flexibility index (Phi) is 7.15. The molecule has 0 fully saturated rings. The van der Waals surface area contributed by atoms with Crippen molar-refractivity contribution in [2.24, 2.45) is 0 Å². The fourth-order valence-electron chi connectivity index (χ4n) is 2.38. The van der Waals surface area contributed by atoms with E-state index in [1.54, 1.807) is 37.5 Å². The minimum absolute atomic E-state index is 0.101. The Bertz CT molecular complexity index is 919. The number of aryl methyl sites for hydroxylation is 2. The van der Waals surface area contributed by atoms with Gasteiger partial charge in [-0.25, -0.2) is 13.1 Å². The molecular formula is C20H24N2O4S. The quantitative estimate of drug-likeness (QED) is 0.537. The van der Waals surface area contributed by atoms with Gasteiger partial charge in [-0.15, -0.1) is 0 Å². The average molecular weight is 388 g/mol. The van der Waals surface area contributed by atoms with Gasteiger partial charge in [0, 0.05) is 24.7 Å². The normalized spacial score (nSPS) is 11.5. The summed E-state index contributed by atoms with van der Waals surface area (Å²) in [7, 11) is -2.01. The number of ether oxygens (including phenoxy) is 1. The zero-order chi connectivity index (χ0) is 19.9. The molecule has 0 unspecified atom stereocenters. The van der Waals surface area contributed by atoms with E-state index < -0.39 is 10.0 Å². The van der Waals surface area contributed by atoms with E-state index in [0.29, 0.717) is 5.75 Å². The molecule has 2 aromatic carbocycles. The summed E-state index contributed by atoms with van der Waals surface area (Å²) in [5.41, 5.74) is 2.84. The summed E-state index contributed by atoms with van der Waals surface area (Å²) in [6, 6.07) is 12.3. The van der Waals surface area contributed by atoms with Gasteiger partial charge in [0.25, 0.3) is 0 Å². The molecule has 1 amide bonds. The van der Waals surface area contributed by atoms with Crippen LogP contribution in [0.2, 0.25) is 0 Å². The second-order valence-electron chi connectivity index (χ2n) is 6.08. The summed E-state index contributed by atoms with van der Waals surface area (Å²) in [5, 5.41) is 2.64. The summed E-state index contributed by atoms with van der Waals surface area (Å²) in [4.78, 5) is 12.1. The number of sulfonamides is 1. The van der Waals surface area contributed by atoms with Gasteiger partial charge in [-0.1, -0.05) is 29.3 Å². The van der Waals surface area contributed by atoms with Crippen molar-refractivity contribution in [2.45, 2.75) is 18.7 Å². The first-order chi connectivity index (χ1) is 12.8. The molecule has 6 nitrogen and oxygen atoms in total. The third-order valence-electron chi connectivity index (χ3n) is 3.85. The second kappa shape index (κ2) is 9.34. The molecule has 0 heterocycles. The van der Waals surface area contributed by atoms with E-state index in [2.05, 4.69) is 10.0 Å². The minimum atomic E-state index is -3.58. The number of amides is 1. The molecule has 0 aliphatic rings. The average Bonchev–Trinajstić information content (AvgIpc) is 2.64. The lowest BCUT2D eigenvalue weighted by molar-refractivity contribution is -0.116. The maximum atomic E-state index is 12.1. The summed E-state index contributed by atoms with van der Waals surface area (Å²) in [6.07, 6.45) is 3.06. The number of carbonyl (C=O) groups is 1. The molecule has 0 aromatic heterocycles. The predicted molar refractivity (Wildman–Crippen MR) is 106 cm³/mol. The Morgan fingerprint density at radius 1 is 1.04 bits per heavy atom. The Morgan fingerprint density at radius 2 is 1.70 bits per heavy atom. The number of hydrogen-bond acceptors (Lipinski definition) is 4. The Labute approximate surface area is 160 Å². The van der Waals surface area contributed by atoms with Gasteiger partial charge in [-0.3, -0.25) is 4.79 Å². The third-order valence-corrected chi connectivity index (χ3v) is 5.32. The van der Waals surface area contributed by atoms with Crippen LogP contribution in [0.1, 0.15) is 16.7 Å². The summed E-state index contributed by atoms with van der Waals surface area (Å²) in [5.74, 6) is 0.364. The molecule has 0 aliphatic carbocycles. The number of nitrogens with one attached hydrogen (secondary N) is 2. The SMILES string of the molecule is COc1ccc(C)cc1/C=C/C(=O)NCCNS(=O)(=O)c1ccc(C)cc1. The van der Waals surface area contributed by atoms with E-state index in [1.165, 1.54) is 6.08 Å².